The number of ketones is 1. The van der Waals surface area contributed by atoms with Crippen LogP contribution < -0.4 is 5.32 Å². The average Bonchev–Trinajstić information content (AvgIpc) is 2.69. The van der Waals surface area contributed by atoms with Gasteiger partial charge in [0.25, 0.3) is 5.91 Å². The zero-order valence-electron chi connectivity index (χ0n) is 14.3. The summed E-state index contributed by atoms with van der Waals surface area (Å²) in [7, 11) is 0. The molecule has 1 aromatic heterocycles. The monoisotopic (exact) mass is 362 g/mol. The molecule has 0 fully saturated rings. The lowest BCUT2D eigenvalue weighted by Crippen LogP contribution is -2.13. The maximum absolute atomic E-state index is 12.5. The summed E-state index contributed by atoms with van der Waals surface area (Å²) >= 11 is 1.42. The number of amides is 1. The number of benzene rings is 2. The number of rotatable bonds is 6. The highest BCUT2D eigenvalue weighted by Crippen LogP contribution is 2.21. The fourth-order valence-electron chi connectivity index (χ4n) is 2.38. The molecule has 1 amide bonds. The molecule has 3 aromatic rings. The Morgan fingerprint density at radius 1 is 0.962 bits per heavy atom. The minimum absolute atomic E-state index is 0.0644. The van der Waals surface area contributed by atoms with Crippen LogP contribution in [-0.2, 0) is 0 Å². The maximum atomic E-state index is 12.5. The number of pyridine rings is 1. The summed E-state index contributed by atoms with van der Waals surface area (Å²) in [6.07, 6.45) is 1.64. The second kappa shape index (κ2) is 8.45. The molecule has 2 aromatic carbocycles. The number of carbonyl (C=O) groups is 2. The van der Waals surface area contributed by atoms with Gasteiger partial charge >= 0.3 is 0 Å². The molecule has 0 saturated heterocycles. The van der Waals surface area contributed by atoms with Gasteiger partial charge in [0.05, 0.1) is 5.75 Å². The summed E-state index contributed by atoms with van der Waals surface area (Å²) in [5.41, 5.74) is 2.13. The van der Waals surface area contributed by atoms with E-state index in [1.54, 1.807) is 18.3 Å². The van der Waals surface area contributed by atoms with E-state index in [2.05, 4.69) is 10.3 Å². The average molecular weight is 362 g/mol. The minimum Gasteiger partial charge on any atom is -0.306 e. The molecular formula is C21H18N2O2S. The molecule has 0 unspecified atom stereocenters. The summed E-state index contributed by atoms with van der Waals surface area (Å²) in [5.74, 6) is 0.724. The Kier molecular flexibility index (Phi) is 5.81. The molecule has 1 heterocycles. The van der Waals surface area contributed by atoms with Crippen LogP contribution in [0.1, 0.15) is 26.3 Å². The molecule has 0 aliphatic heterocycles. The van der Waals surface area contributed by atoms with E-state index in [0.29, 0.717) is 22.7 Å². The van der Waals surface area contributed by atoms with Gasteiger partial charge in [-0.1, -0.05) is 42.5 Å². The third-order valence-corrected chi connectivity index (χ3v) is 4.80. The Morgan fingerprint density at radius 3 is 2.50 bits per heavy atom. The van der Waals surface area contributed by atoms with Crippen molar-refractivity contribution < 1.29 is 9.59 Å². The SMILES string of the molecule is Cc1cccnc1NC(=O)c1cccc(SCC(=O)c2ccccc2)c1. The fraction of sp³-hybridized carbons (Fsp3) is 0.0952. The Morgan fingerprint density at radius 2 is 1.73 bits per heavy atom. The molecule has 130 valence electrons. The summed E-state index contributed by atoms with van der Waals surface area (Å²) in [6, 6.07) is 20.2. The number of anilines is 1. The van der Waals surface area contributed by atoms with Crippen molar-refractivity contribution in [2.45, 2.75) is 11.8 Å². The molecule has 1 N–H and O–H groups in total. The van der Waals surface area contributed by atoms with E-state index in [1.165, 1.54) is 11.8 Å². The first-order valence-electron chi connectivity index (χ1n) is 8.17. The van der Waals surface area contributed by atoms with Crippen LogP contribution in [0.25, 0.3) is 0 Å². The maximum Gasteiger partial charge on any atom is 0.256 e. The normalized spacial score (nSPS) is 10.3. The number of aryl methyl sites for hydroxylation is 1. The van der Waals surface area contributed by atoms with Crippen LogP contribution in [0, 0.1) is 6.92 Å². The van der Waals surface area contributed by atoms with E-state index < -0.39 is 0 Å². The van der Waals surface area contributed by atoms with Crippen molar-refractivity contribution >= 4 is 29.3 Å². The molecule has 0 atom stereocenters. The molecule has 4 nitrogen and oxygen atoms in total. The van der Waals surface area contributed by atoms with Crippen LogP contribution in [0.3, 0.4) is 0 Å². The number of hydrogen-bond donors (Lipinski definition) is 1. The van der Waals surface area contributed by atoms with Crippen molar-refractivity contribution in [1.82, 2.24) is 4.98 Å². The van der Waals surface area contributed by atoms with Crippen LogP contribution in [-0.4, -0.2) is 22.4 Å². The number of nitrogens with zero attached hydrogens (tertiary/aromatic N) is 1. The summed E-state index contributed by atoms with van der Waals surface area (Å²) in [5, 5.41) is 2.82. The summed E-state index contributed by atoms with van der Waals surface area (Å²) in [6.45, 7) is 1.89. The van der Waals surface area contributed by atoms with Crippen molar-refractivity contribution in [1.29, 1.82) is 0 Å². The van der Waals surface area contributed by atoms with Gasteiger partial charge in [-0.3, -0.25) is 9.59 Å². The smallest absolute Gasteiger partial charge is 0.256 e. The molecule has 0 aliphatic carbocycles. The van der Waals surface area contributed by atoms with Crippen LogP contribution >= 0.6 is 11.8 Å². The third kappa shape index (κ3) is 4.58. The van der Waals surface area contributed by atoms with Crippen molar-refractivity contribution in [2.24, 2.45) is 0 Å². The van der Waals surface area contributed by atoms with E-state index in [4.69, 9.17) is 0 Å². The van der Waals surface area contributed by atoms with Gasteiger partial charge in [0, 0.05) is 22.2 Å². The van der Waals surface area contributed by atoms with Crippen molar-refractivity contribution in [3.8, 4) is 0 Å². The molecule has 0 saturated carbocycles. The lowest BCUT2D eigenvalue weighted by molar-refractivity contribution is 0.101. The van der Waals surface area contributed by atoms with Gasteiger partial charge in [-0.2, -0.15) is 0 Å². The van der Waals surface area contributed by atoms with Gasteiger partial charge in [-0.05, 0) is 36.8 Å². The van der Waals surface area contributed by atoms with E-state index in [0.717, 1.165) is 10.5 Å². The first-order valence-corrected chi connectivity index (χ1v) is 9.16. The standard InChI is InChI=1S/C21H18N2O2S/c1-15-7-6-12-22-20(15)23-21(25)17-10-5-11-18(13-17)26-14-19(24)16-8-3-2-4-9-16/h2-13H,14H2,1H3,(H,22,23,25). The number of hydrogen-bond acceptors (Lipinski definition) is 4. The molecule has 0 radical (unpaired) electrons. The van der Waals surface area contributed by atoms with E-state index >= 15 is 0 Å². The van der Waals surface area contributed by atoms with Crippen molar-refractivity contribution in [3.05, 3.63) is 89.6 Å². The number of Topliss-reactive ketones (excluding diaryl/α,β-unsaturated/α-hetero) is 1. The highest BCUT2D eigenvalue weighted by Gasteiger charge is 2.10. The van der Waals surface area contributed by atoms with E-state index in [9.17, 15) is 9.59 Å². The second-order valence-electron chi connectivity index (χ2n) is 5.73. The highest BCUT2D eigenvalue weighted by molar-refractivity contribution is 8.00. The molecule has 0 spiro atoms. The molecule has 0 aliphatic rings. The summed E-state index contributed by atoms with van der Waals surface area (Å²) in [4.78, 5) is 29.7. The largest absolute Gasteiger partial charge is 0.306 e. The first-order chi connectivity index (χ1) is 12.6. The lowest BCUT2D eigenvalue weighted by Gasteiger charge is -2.08. The predicted molar refractivity (Wildman–Crippen MR) is 105 cm³/mol. The molecule has 3 rings (SSSR count). The van der Waals surface area contributed by atoms with Gasteiger partial charge in [-0.25, -0.2) is 4.98 Å². The number of carbonyl (C=O) groups excluding carboxylic acids is 2. The Balaban J connectivity index is 1.65. The van der Waals surface area contributed by atoms with Gasteiger partial charge in [-0.15, -0.1) is 11.8 Å². The quantitative estimate of drug-likeness (QED) is 0.513. The first kappa shape index (κ1) is 17.9. The Labute approximate surface area is 156 Å². The fourth-order valence-corrected chi connectivity index (χ4v) is 3.23. The van der Waals surface area contributed by atoms with Crippen LogP contribution in [0.2, 0.25) is 0 Å². The van der Waals surface area contributed by atoms with Gasteiger partial charge in [0.1, 0.15) is 5.82 Å². The van der Waals surface area contributed by atoms with E-state index in [-0.39, 0.29) is 11.7 Å². The minimum atomic E-state index is -0.219. The number of nitrogens with one attached hydrogen (secondary N) is 1. The van der Waals surface area contributed by atoms with Crippen LogP contribution in [0.15, 0.2) is 77.8 Å². The van der Waals surface area contributed by atoms with Gasteiger partial charge in [0.15, 0.2) is 5.78 Å². The zero-order valence-corrected chi connectivity index (χ0v) is 15.1. The van der Waals surface area contributed by atoms with Crippen molar-refractivity contribution in [3.63, 3.8) is 0 Å². The topological polar surface area (TPSA) is 59.1 Å². The number of aromatic nitrogens is 1. The van der Waals surface area contributed by atoms with Gasteiger partial charge < -0.3 is 5.32 Å². The van der Waals surface area contributed by atoms with Gasteiger partial charge in [0.2, 0.25) is 0 Å². The Bertz CT molecular complexity index is 926. The zero-order chi connectivity index (χ0) is 18.4. The molecular weight excluding hydrogens is 344 g/mol. The number of thioether (sulfide) groups is 1. The molecule has 0 bridgehead atoms. The molecule has 26 heavy (non-hydrogen) atoms. The van der Waals surface area contributed by atoms with Crippen LogP contribution in [0.5, 0.6) is 0 Å². The highest BCUT2D eigenvalue weighted by atomic mass is 32.2. The predicted octanol–water partition coefficient (Wildman–Crippen LogP) is 4.62. The third-order valence-electron chi connectivity index (χ3n) is 3.80. The Hall–Kier alpha value is -2.92. The van der Waals surface area contributed by atoms with Crippen molar-refractivity contribution in [2.75, 3.05) is 11.1 Å². The lowest BCUT2D eigenvalue weighted by atomic mass is 10.2. The van der Waals surface area contributed by atoms with Crippen LogP contribution in [0.4, 0.5) is 5.82 Å². The second-order valence-corrected chi connectivity index (χ2v) is 6.78. The molecule has 5 heteroatoms. The summed E-state index contributed by atoms with van der Waals surface area (Å²) < 4.78 is 0. The van der Waals surface area contributed by atoms with E-state index in [1.807, 2.05) is 61.5 Å².